The van der Waals surface area contributed by atoms with Crippen molar-refractivity contribution in [2.45, 2.75) is 0 Å². The first-order valence-corrected chi connectivity index (χ1v) is 4.05. The third-order valence-electron chi connectivity index (χ3n) is 1.16. The Bertz CT molecular complexity index is 424. The van der Waals surface area contributed by atoms with Crippen LogP contribution in [-0.4, -0.2) is 45.5 Å². The summed E-state index contributed by atoms with van der Waals surface area (Å²) >= 11 is 0. The molecule has 0 amide bonds. The molecule has 0 aromatic rings. The van der Waals surface area contributed by atoms with Crippen molar-refractivity contribution in [2.24, 2.45) is 43.3 Å². The first-order valence-electron chi connectivity index (χ1n) is 4.05. The predicted octanol–water partition coefficient (Wildman–Crippen LogP) is -3.59. The largest absolute Gasteiger partial charge is 0.476 e. The molecule has 0 unspecified atom stereocenters. The summed E-state index contributed by atoms with van der Waals surface area (Å²) in [5, 5.41) is 29.5. The van der Waals surface area contributed by atoms with E-state index in [1.807, 2.05) is 0 Å². The van der Waals surface area contributed by atoms with Crippen molar-refractivity contribution < 1.29 is 19.8 Å². The van der Waals surface area contributed by atoms with Gasteiger partial charge >= 0.3 is 11.9 Å². The molecule has 0 saturated carbocycles. The Morgan fingerprint density at radius 1 is 0.667 bits per heavy atom. The molecular weight excluding hydrogens is 248 g/mol. The first kappa shape index (κ1) is 14.8. The zero-order chi connectivity index (χ0) is 14.3. The van der Waals surface area contributed by atoms with Crippen molar-refractivity contribution in [3.8, 4) is 0 Å². The van der Waals surface area contributed by atoms with Gasteiger partial charge in [-0.2, -0.15) is 0 Å². The van der Waals surface area contributed by atoms with Gasteiger partial charge in [0.05, 0.1) is 0 Å². The molecule has 12 heteroatoms. The molecule has 0 radical (unpaired) electrons. The number of nitrogens with two attached hydrogens (primary N) is 4. The molecule has 18 heavy (non-hydrogen) atoms. The van der Waals surface area contributed by atoms with E-state index in [-0.39, 0.29) is 0 Å². The van der Waals surface area contributed by atoms with E-state index in [0.29, 0.717) is 0 Å². The maximum Gasteiger partial charge on any atom is 0.359 e. The summed E-state index contributed by atoms with van der Waals surface area (Å²) in [6.07, 6.45) is 0. The van der Waals surface area contributed by atoms with Gasteiger partial charge in [-0.1, -0.05) is 0 Å². The summed E-state index contributed by atoms with van der Waals surface area (Å²) in [7, 11) is 0. The van der Waals surface area contributed by atoms with Gasteiger partial charge in [0.25, 0.3) is 0 Å². The van der Waals surface area contributed by atoms with E-state index >= 15 is 0 Å². The molecule has 12 nitrogen and oxygen atoms in total. The molecule has 0 aliphatic carbocycles. The van der Waals surface area contributed by atoms with Gasteiger partial charge in [0.2, 0.25) is 23.3 Å². The summed E-state index contributed by atoms with van der Waals surface area (Å²) < 4.78 is 0. The van der Waals surface area contributed by atoms with E-state index in [0.717, 1.165) is 0 Å². The predicted molar refractivity (Wildman–Crippen MR) is 61.8 cm³/mol. The fourth-order valence-electron chi connectivity index (χ4n) is 0.598. The lowest BCUT2D eigenvalue weighted by Gasteiger charge is -1.98. The first-order chi connectivity index (χ1) is 8.25. The summed E-state index contributed by atoms with van der Waals surface area (Å²) in [5.41, 5.74) is 17.6. The van der Waals surface area contributed by atoms with E-state index in [4.69, 9.17) is 33.1 Å². The number of carbonyl (C=O) groups is 2. The fourth-order valence-corrected chi connectivity index (χ4v) is 0.598. The van der Waals surface area contributed by atoms with Gasteiger partial charge in [-0.15, -0.1) is 20.4 Å². The van der Waals surface area contributed by atoms with Crippen LogP contribution >= 0.6 is 0 Å². The van der Waals surface area contributed by atoms with Crippen LogP contribution in [0.5, 0.6) is 0 Å². The van der Waals surface area contributed by atoms with Crippen molar-refractivity contribution in [2.75, 3.05) is 0 Å². The highest BCUT2D eigenvalue weighted by Gasteiger charge is 2.24. The van der Waals surface area contributed by atoms with Crippen LogP contribution in [0.3, 0.4) is 0 Å². The molecule has 0 atom stereocenters. The van der Waals surface area contributed by atoms with E-state index in [1.165, 1.54) is 0 Å². The van der Waals surface area contributed by atoms with Gasteiger partial charge in [0.15, 0.2) is 0 Å². The molecule has 0 spiro atoms. The maximum absolute atomic E-state index is 10.8. The quantitative estimate of drug-likeness (QED) is 0.163. The lowest BCUT2D eigenvalue weighted by atomic mass is 10.2. The second-order valence-corrected chi connectivity index (χ2v) is 2.56. The smallest absolute Gasteiger partial charge is 0.359 e. The van der Waals surface area contributed by atoms with Gasteiger partial charge in [0, 0.05) is 0 Å². The number of carboxylic acids is 2. The minimum absolute atomic E-state index is 0.569. The lowest BCUT2D eigenvalue weighted by Crippen LogP contribution is -2.31. The average Bonchev–Trinajstić information content (AvgIpc) is 2.20. The lowest BCUT2D eigenvalue weighted by molar-refractivity contribution is -0.131. The number of carboxylic acid groups (broad SMARTS) is 2. The van der Waals surface area contributed by atoms with Crippen molar-refractivity contribution in [3.63, 3.8) is 0 Å². The van der Waals surface area contributed by atoms with Gasteiger partial charge < -0.3 is 33.1 Å². The van der Waals surface area contributed by atoms with Crippen molar-refractivity contribution in [1.29, 1.82) is 0 Å². The van der Waals surface area contributed by atoms with Gasteiger partial charge in [-0.3, -0.25) is 0 Å². The van der Waals surface area contributed by atoms with Crippen molar-refractivity contribution >= 4 is 35.3 Å². The third kappa shape index (κ3) is 5.06. The summed E-state index contributed by atoms with van der Waals surface area (Å²) in [4.78, 5) is 21.5. The summed E-state index contributed by atoms with van der Waals surface area (Å²) in [6.45, 7) is 0. The average molecular weight is 258 g/mol. The highest BCUT2D eigenvalue weighted by atomic mass is 16.4. The van der Waals surface area contributed by atoms with Gasteiger partial charge in [0.1, 0.15) is 0 Å². The standard InChI is InChI=1S/C6H10N8O4/c7-5(8)13-11-1(3(15)16)2(4(17)18)12-14-6(9)10/h(H,15,16)(H,17,18)(H4,7,8,13)(H4,9,10,14)/b11-1-,12-2+. The maximum atomic E-state index is 10.8. The topological polar surface area (TPSA) is 228 Å². The van der Waals surface area contributed by atoms with Crippen LogP contribution in [-0.2, 0) is 9.59 Å². The normalized spacial score (nSPS) is 11.6. The molecule has 0 aliphatic heterocycles. The molecular formula is C6H10N8O4. The van der Waals surface area contributed by atoms with E-state index < -0.39 is 35.3 Å². The number of guanidine groups is 2. The number of hydrogen-bond donors (Lipinski definition) is 6. The molecule has 0 fully saturated rings. The number of aliphatic carboxylic acids is 2. The van der Waals surface area contributed by atoms with Gasteiger partial charge in [-0.25, -0.2) is 9.59 Å². The Morgan fingerprint density at radius 3 is 1.11 bits per heavy atom. The Hall–Kier alpha value is -3.18. The zero-order valence-corrected chi connectivity index (χ0v) is 8.81. The number of nitrogens with zero attached hydrogens (tertiary/aromatic N) is 4. The Labute approximate surface area is 99.4 Å². The van der Waals surface area contributed by atoms with Crippen LogP contribution in [0.25, 0.3) is 0 Å². The molecule has 10 N–H and O–H groups in total. The van der Waals surface area contributed by atoms with Crippen molar-refractivity contribution in [1.82, 2.24) is 0 Å². The molecule has 0 bridgehead atoms. The Balaban J connectivity index is 5.69. The molecule has 98 valence electrons. The molecule has 0 saturated heterocycles. The van der Waals surface area contributed by atoms with E-state index in [9.17, 15) is 9.59 Å². The fraction of sp³-hybridized carbons (Fsp3) is 0. The monoisotopic (exact) mass is 258 g/mol. The summed E-state index contributed by atoms with van der Waals surface area (Å²) in [5.74, 6) is -4.60. The second-order valence-electron chi connectivity index (χ2n) is 2.56. The Kier molecular flexibility index (Phi) is 5.28. The minimum atomic E-state index is -1.73. The second kappa shape index (κ2) is 6.41. The Morgan fingerprint density at radius 2 is 0.944 bits per heavy atom. The van der Waals surface area contributed by atoms with Crippen molar-refractivity contribution in [3.05, 3.63) is 0 Å². The molecule has 0 aliphatic rings. The van der Waals surface area contributed by atoms with Crippen LogP contribution in [0.4, 0.5) is 0 Å². The highest BCUT2D eigenvalue weighted by Crippen LogP contribution is 1.91. The van der Waals surface area contributed by atoms with Crippen LogP contribution < -0.4 is 22.9 Å². The molecule has 0 aromatic carbocycles. The SMILES string of the molecule is NC(N)=N/N=C(C(=O)O)/C(=N\N=C(N)N)C(=O)O. The van der Waals surface area contributed by atoms with Crippen LogP contribution in [0, 0.1) is 0 Å². The third-order valence-corrected chi connectivity index (χ3v) is 1.16. The molecule has 0 heterocycles. The molecule has 0 rings (SSSR count). The number of rotatable bonds is 5. The number of hydrogen-bond acceptors (Lipinski definition) is 6. The zero-order valence-electron chi connectivity index (χ0n) is 8.81. The van der Waals surface area contributed by atoms with E-state index in [2.05, 4.69) is 20.4 Å². The van der Waals surface area contributed by atoms with Gasteiger partial charge in [-0.05, 0) is 0 Å². The minimum Gasteiger partial charge on any atom is -0.476 e. The summed E-state index contributed by atoms with van der Waals surface area (Å²) in [6, 6.07) is 0. The van der Waals surface area contributed by atoms with Crippen LogP contribution in [0.1, 0.15) is 0 Å². The highest BCUT2D eigenvalue weighted by molar-refractivity contribution is 6.78. The van der Waals surface area contributed by atoms with E-state index in [1.54, 1.807) is 0 Å². The van der Waals surface area contributed by atoms with Crippen LogP contribution in [0.15, 0.2) is 20.4 Å². The molecule has 0 aromatic heterocycles. The van der Waals surface area contributed by atoms with Crippen LogP contribution in [0.2, 0.25) is 0 Å².